The molecular formula is C5H7BrNO3-. The van der Waals surface area contributed by atoms with Gasteiger partial charge in [0.25, 0.3) is 0 Å². The average Bonchev–Trinajstić information content (AvgIpc) is 1.88. The topological polar surface area (TPSA) is 60.4 Å². The second-order valence-corrected chi connectivity index (χ2v) is 2.10. The molecule has 0 aliphatic rings. The van der Waals surface area contributed by atoms with Gasteiger partial charge < -0.3 is 9.90 Å². The fourth-order valence-corrected chi connectivity index (χ4v) is 0.782. The number of carboxylic acid groups (broad SMARTS) is 1. The Labute approximate surface area is 66.9 Å². The highest BCUT2D eigenvalue weighted by molar-refractivity contribution is 9.09. The first-order valence-electron chi connectivity index (χ1n) is 2.70. The zero-order chi connectivity index (χ0) is 8.15. The van der Waals surface area contributed by atoms with Gasteiger partial charge in [-0.05, 0) is 6.92 Å². The molecule has 4 nitrogen and oxygen atoms in total. The van der Waals surface area contributed by atoms with Gasteiger partial charge in [0.05, 0.1) is 5.33 Å². The molecule has 0 spiro atoms. The fraction of sp³-hybridized carbons (Fsp3) is 0.600. The summed E-state index contributed by atoms with van der Waals surface area (Å²) in [6, 6.07) is 0. The van der Waals surface area contributed by atoms with Crippen molar-refractivity contribution in [1.82, 2.24) is 4.90 Å². The smallest absolute Gasteiger partial charge is 0.238 e. The number of imide groups is 1. The number of hydrogen-bond acceptors (Lipinski definition) is 3. The van der Waals surface area contributed by atoms with Crippen molar-refractivity contribution in [2.24, 2.45) is 0 Å². The van der Waals surface area contributed by atoms with Crippen LogP contribution in [0.5, 0.6) is 0 Å². The van der Waals surface area contributed by atoms with E-state index in [0.29, 0.717) is 4.90 Å². The van der Waals surface area contributed by atoms with Gasteiger partial charge in [-0.25, -0.2) is 0 Å². The molecule has 0 aromatic carbocycles. The number of carbonyl (C=O) groups is 2. The first-order valence-corrected chi connectivity index (χ1v) is 3.83. The normalized spacial score (nSPS) is 9.00. The average molecular weight is 209 g/mol. The third-order valence-corrected chi connectivity index (χ3v) is 1.43. The zero-order valence-electron chi connectivity index (χ0n) is 5.46. The van der Waals surface area contributed by atoms with E-state index < -0.39 is 12.0 Å². The highest BCUT2D eigenvalue weighted by Gasteiger charge is 2.09. The molecule has 0 bridgehead atoms. The predicted octanol–water partition coefficient (Wildman–Crippen LogP) is -0.427. The van der Waals surface area contributed by atoms with Crippen molar-refractivity contribution in [2.45, 2.75) is 6.92 Å². The van der Waals surface area contributed by atoms with Crippen molar-refractivity contribution >= 4 is 27.9 Å². The van der Waals surface area contributed by atoms with Crippen molar-refractivity contribution in [1.29, 1.82) is 0 Å². The van der Waals surface area contributed by atoms with Crippen LogP contribution >= 0.6 is 15.9 Å². The molecule has 10 heavy (non-hydrogen) atoms. The maximum absolute atomic E-state index is 10.6. The van der Waals surface area contributed by atoms with E-state index in [-0.39, 0.29) is 11.9 Å². The Kier molecular flexibility index (Phi) is 4.02. The molecule has 0 atom stereocenters. The number of nitrogens with zero attached hydrogens (tertiary/aromatic N) is 1. The third-order valence-electron chi connectivity index (χ3n) is 0.952. The maximum atomic E-state index is 10.6. The van der Waals surface area contributed by atoms with Crippen LogP contribution in [-0.4, -0.2) is 28.8 Å². The maximum Gasteiger partial charge on any atom is 0.238 e. The lowest BCUT2D eigenvalue weighted by Gasteiger charge is -2.19. The number of carbonyl (C=O) groups excluding carboxylic acids is 2. The van der Waals surface area contributed by atoms with E-state index in [9.17, 15) is 14.7 Å². The summed E-state index contributed by atoms with van der Waals surface area (Å²) < 4.78 is 0. The molecule has 0 saturated carbocycles. The molecule has 0 aromatic heterocycles. The molecule has 0 unspecified atom stereocenters. The molecule has 0 saturated heterocycles. The van der Waals surface area contributed by atoms with E-state index in [1.807, 2.05) is 0 Å². The second kappa shape index (κ2) is 4.27. The van der Waals surface area contributed by atoms with Crippen LogP contribution < -0.4 is 5.11 Å². The highest BCUT2D eigenvalue weighted by atomic mass is 79.9. The van der Waals surface area contributed by atoms with Crippen molar-refractivity contribution < 1.29 is 14.7 Å². The van der Waals surface area contributed by atoms with Crippen LogP contribution in [0.15, 0.2) is 0 Å². The number of hydrogen-bond donors (Lipinski definition) is 0. The summed E-state index contributed by atoms with van der Waals surface area (Å²) >= 11 is 2.84. The van der Waals surface area contributed by atoms with Crippen LogP contribution in [0.1, 0.15) is 6.92 Å². The second-order valence-electron chi connectivity index (χ2n) is 1.54. The first kappa shape index (κ1) is 9.42. The molecule has 0 aliphatic heterocycles. The molecule has 0 N–H and O–H groups in total. The number of halogens is 1. The Morgan fingerprint density at radius 2 is 2.10 bits per heavy atom. The van der Waals surface area contributed by atoms with E-state index >= 15 is 0 Å². The molecule has 0 aliphatic carbocycles. The minimum absolute atomic E-state index is 0.00875. The minimum Gasteiger partial charge on any atom is -0.530 e. The highest BCUT2D eigenvalue weighted by Crippen LogP contribution is 1.91. The molecule has 0 heterocycles. The van der Waals surface area contributed by atoms with Crippen LogP contribution in [0.2, 0.25) is 0 Å². The Morgan fingerprint density at radius 1 is 1.60 bits per heavy atom. The van der Waals surface area contributed by atoms with Gasteiger partial charge in [-0.2, -0.15) is 0 Å². The Bertz CT molecular complexity index is 148. The number of rotatable bonds is 2. The molecule has 0 rings (SSSR count). The van der Waals surface area contributed by atoms with Crippen molar-refractivity contribution in [3.8, 4) is 0 Å². The first-order chi connectivity index (χ1) is 4.63. The quantitative estimate of drug-likeness (QED) is 0.580. The van der Waals surface area contributed by atoms with E-state index in [0.717, 1.165) is 0 Å². The lowest BCUT2D eigenvalue weighted by Crippen LogP contribution is -2.45. The van der Waals surface area contributed by atoms with Crippen LogP contribution in [0.4, 0.5) is 4.79 Å². The monoisotopic (exact) mass is 208 g/mol. The van der Waals surface area contributed by atoms with Crippen molar-refractivity contribution in [2.75, 3.05) is 11.9 Å². The molecule has 58 valence electrons. The molecule has 5 heteroatoms. The summed E-state index contributed by atoms with van der Waals surface area (Å²) in [5.41, 5.74) is 0. The largest absolute Gasteiger partial charge is 0.530 e. The molecule has 0 aromatic rings. The third kappa shape index (κ3) is 2.34. The van der Waals surface area contributed by atoms with Gasteiger partial charge in [-0.1, -0.05) is 15.9 Å². The van der Waals surface area contributed by atoms with Gasteiger partial charge in [0, 0.05) is 6.54 Å². The summed E-state index contributed by atoms with van der Waals surface area (Å²) in [5, 5.41) is 10.1. The summed E-state index contributed by atoms with van der Waals surface area (Å²) in [6.07, 6.45) is -1.45. The minimum atomic E-state index is -1.45. The van der Waals surface area contributed by atoms with Crippen LogP contribution in [0, 0.1) is 0 Å². The van der Waals surface area contributed by atoms with Crippen LogP contribution in [0.3, 0.4) is 0 Å². The van der Waals surface area contributed by atoms with Gasteiger partial charge in [0.1, 0.15) is 6.09 Å². The summed E-state index contributed by atoms with van der Waals surface area (Å²) in [7, 11) is 0. The Balaban J connectivity index is 4.06. The van der Waals surface area contributed by atoms with Crippen molar-refractivity contribution in [3.05, 3.63) is 0 Å². The van der Waals surface area contributed by atoms with E-state index in [1.165, 1.54) is 0 Å². The molecule has 2 amide bonds. The number of amides is 2. The lowest BCUT2D eigenvalue weighted by atomic mass is 10.5. The van der Waals surface area contributed by atoms with E-state index in [4.69, 9.17) is 0 Å². The van der Waals surface area contributed by atoms with Gasteiger partial charge in [-0.15, -0.1) is 0 Å². The summed E-state index contributed by atoms with van der Waals surface area (Å²) in [6.45, 7) is 1.70. The van der Waals surface area contributed by atoms with Crippen LogP contribution in [-0.2, 0) is 4.79 Å². The SMILES string of the molecule is CCN(C(=O)[O-])C(=O)CBr. The lowest BCUT2D eigenvalue weighted by molar-refractivity contribution is -0.263. The molecule has 0 fully saturated rings. The van der Waals surface area contributed by atoms with E-state index in [1.54, 1.807) is 6.92 Å². The van der Waals surface area contributed by atoms with Gasteiger partial charge >= 0.3 is 0 Å². The van der Waals surface area contributed by atoms with Crippen LogP contribution in [0.25, 0.3) is 0 Å². The molecular weight excluding hydrogens is 202 g/mol. The fourth-order valence-electron chi connectivity index (χ4n) is 0.479. The predicted molar refractivity (Wildman–Crippen MR) is 36.6 cm³/mol. The molecule has 0 radical (unpaired) electrons. The van der Waals surface area contributed by atoms with Gasteiger partial charge in [0.2, 0.25) is 5.91 Å². The number of alkyl halides is 1. The Hall–Kier alpha value is -0.580. The van der Waals surface area contributed by atoms with Crippen molar-refractivity contribution in [3.63, 3.8) is 0 Å². The standard InChI is InChI=1S/C5H8BrNO3/c1-2-7(5(9)10)4(8)3-6/h2-3H2,1H3,(H,9,10)/p-1. The zero-order valence-corrected chi connectivity index (χ0v) is 7.05. The van der Waals surface area contributed by atoms with Gasteiger partial charge in [0.15, 0.2) is 0 Å². The summed E-state index contributed by atoms with van der Waals surface area (Å²) in [5.74, 6) is -0.498. The Morgan fingerprint density at radius 3 is 2.20 bits per heavy atom. The van der Waals surface area contributed by atoms with Gasteiger partial charge in [-0.3, -0.25) is 9.69 Å². The summed E-state index contributed by atoms with van der Waals surface area (Å²) in [4.78, 5) is 21.4. The van der Waals surface area contributed by atoms with E-state index in [2.05, 4.69) is 15.9 Å².